The van der Waals surface area contributed by atoms with Gasteiger partial charge >= 0.3 is 5.97 Å². The number of aromatic nitrogens is 2. The summed E-state index contributed by atoms with van der Waals surface area (Å²) in [5.41, 5.74) is 1.31. The maximum atomic E-state index is 13.6. The predicted molar refractivity (Wildman–Crippen MR) is 139 cm³/mol. The first-order valence-electron chi connectivity index (χ1n) is 11.2. The fourth-order valence-corrected chi connectivity index (χ4v) is 3.73. The van der Waals surface area contributed by atoms with Crippen LogP contribution in [0, 0.1) is 5.41 Å². The first kappa shape index (κ1) is 25.5. The minimum absolute atomic E-state index is 0.128. The van der Waals surface area contributed by atoms with Gasteiger partial charge in [-0.2, -0.15) is 0 Å². The fraction of sp³-hybridized carbons (Fsp3) is 0.179. The monoisotopic (exact) mass is 522 g/mol. The normalized spacial score (nSPS) is 12.1. The van der Waals surface area contributed by atoms with Gasteiger partial charge in [0.25, 0.3) is 0 Å². The summed E-state index contributed by atoms with van der Waals surface area (Å²) in [5.74, 6) is -0.301. The van der Waals surface area contributed by atoms with E-state index in [1.165, 1.54) is 6.33 Å². The summed E-state index contributed by atoms with van der Waals surface area (Å²) in [6.07, 6.45) is 3.74. The molecular weight excluding hydrogens is 499 g/mol. The number of imidazole rings is 1. The van der Waals surface area contributed by atoms with Crippen molar-refractivity contribution in [2.75, 3.05) is 6.61 Å². The summed E-state index contributed by atoms with van der Waals surface area (Å²) in [7, 11) is 0. The van der Waals surface area contributed by atoms with Crippen LogP contribution < -0.4 is 4.74 Å². The second-order valence-electron chi connectivity index (χ2n) is 8.84. The van der Waals surface area contributed by atoms with Gasteiger partial charge in [0, 0.05) is 22.4 Å². The summed E-state index contributed by atoms with van der Waals surface area (Å²) in [6, 6.07) is 21.3. The highest BCUT2D eigenvalue weighted by atomic mass is 35.5. The van der Waals surface area contributed by atoms with Crippen LogP contribution in [0.5, 0.6) is 5.75 Å². The van der Waals surface area contributed by atoms with Gasteiger partial charge in [0.05, 0.1) is 17.3 Å². The molecule has 6 nitrogen and oxygen atoms in total. The number of halogens is 2. The van der Waals surface area contributed by atoms with Crippen molar-refractivity contribution < 1.29 is 19.1 Å². The number of rotatable bonds is 9. The summed E-state index contributed by atoms with van der Waals surface area (Å²) >= 11 is 11.9. The molecular formula is C28H24Cl2N2O4. The molecule has 0 saturated carbocycles. The minimum Gasteiger partial charge on any atom is -0.463 e. The maximum Gasteiger partial charge on any atom is 0.338 e. The zero-order valence-corrected chi connectivity index (χ0v) is 21.2. The molecule has 4 aromatic rings. The Hall–Kier alpha value is -3.61. The Balaban J connectivity index is 1.48. The van der Waals surface area contributed by atoms with Crippen LogP contribution in [0.4, 0.5) is 0 Å². The second kappa shape index (κ2) is 11.0. The molecule has 0 saturated heterocycles. The molecule has 0 amide bonds. The van der Waals surface area contributed by atoms with Crippen LogP contribution in [0.2, 0.25) is 10.0 Å². The molecule has 36 heavy (non-hydrogen) atoms. The van der Waals surface area contributed by atoms with Crippen molar-refractivity contribution >= 4 is 35.0 Å². The fourth-order valence-electron chi connectivity index (χ4n) is 3.48. The molecule has 0 aliphatic carbocycles. The van der Waals surface area contributed by atoms with E-state index in [9.17, 15) is 9.59 Å². The first-order chi connectivity index (χ1) is 17.2. The molecule has 0 fully saturated rings. The third-order valence-corrected chi connectivity index (χ3v) is 6.11. The lowest BCUT2D eigenvalue weighted by molar-refractivity contribution is -0.140. The van der Waals surface area contributed by atoms with Crippen LogP contribution >= 0.6 is 23.2 Å². The topological polar surface area (TPSA) is 70.4 Å². The molecule has 0 spiro atoms. The summed E-state index contributed by atoms with van der Waals surface area (Å²) in [5, 5.41) is 1.19. The number of hydrogen-bond donors (Lipinski definition) is 0. The van der Waals surface area contributed by atoms with E-state index >= 15 is 0 Å². The number of benzene rings is 3. The third-order valence-electron chi connectivity index (χ3n) is 5.61. The van der Waals surface area contributed by atoms with Gasteiger partial charge in [-0.3, -0.25) is 9.36 Å². The molecule has 0 aliphatic heterocycles. The van der Waals surface area contributed by atoms with Gasteiger partial charge in [-0.25, -0.2) is 9.78 Å². The number of ketones is 1. The molecule has 1 aromatic heterocycles. The Bertz CT molecular complexity index is 1320. The molecule has 1 heterocycles. The minimum atomic E-state index is -1.04. The molecule has 0 bridgehead atoms. The van der Waals surface area contributed by atoms with E-state index in [1.807, 2.05) is 36.4 Å². The number of ether oxygens (including phenoxy) is 2. The van der Waals surface area contributed by atoms with Gasteiger partial charge in [0.2, 0.25) is 12.0 Å². The van der Waals surface area contributed by atoms with Crippen LogP contribution in [0.1, 0.15) is 30.4 Å². The molecule has 1 unspecified atom stereocenters. The van der Waals surface area contributed by atoms with Gasteiger partial charge in [-0.05, 0) is 73.5 Å². The summed E-state index contributed by atoms with van der Waals surface area (Å²) in [4.78, 5) is 30.1. The van der Waals surface area contributed by atoms with Gasteiger partial charge in [-0.15, -0.1) is 0 Å². The second-order valence-corrected chi connectivity index (χ2v) is 9.72. The standard InChI is InChI=1S/C28H24Cl2N2O4/c1-28(2,17-35-27(34)21-5-11-23(30)12-6-21)25(33)26(32-16-15-31-18-32)36-24-13-7-20(8-14-24)19-3-9-22(29)10-4-19/h3-16,18,26H,17H2,1-2H3. The number of nitrogens with zero attached hydrogens (tertiary/aromatic N) is 2. The average Bonchev–Trinajstić information content (AvgIpc) is 3.42. The predicted octanol–water partition coefficient (Wildman–Crippen LogP) is 6.89. The van der Waals surface area contributed by atoms with E-state index in [0.29, 0.717) is 21.4 Å². The lowest BCUT2D eigenvalue weighted by Crippen LogP contribution is -2.39. The van der Waals surface area contributed by atoms with Crippen molar-refractivity contribution in [2.24, 2.45) is 5.41 Å². The lowest BCUT2D eigenvalue weighted by Gasteiger charge is -2.28. The van der Waals surface area contributed by atoms with Crippen LogP contribution in [0.25, 0.3) is 11.1 Å². The molecule has 3 aromatic carbocycles. The summed E-state index contributed by atoms with van der Waals surface area (Å²) < 4.78 is 13.2. The molecule has 1 atom stereocenters. The highest BCUT2D eigenvalue weighted by molar-refractivity contribution is 6.30. The van der Waals surface area contributed by atoms with E-state index in [0.717, 1.165) is 11.1 Å². The number of esters is 1. The van der Waals surface area contributed by atoms with Crippen molar-refractivity contribution in [3.05, 3.63) is 107 Å². The lowest BCUT2D eigenvalue weighted by atomic mass is 9.88. The third kappa shape index (κ3) is 6.14. The van der Waals surface area contributed by atoms with Crippen molar-refractivity contribution in [1.29, 1.82) is 0 Å². The quantitative estimate of drug-likeness (QED) is 0.224. The van der Waals surface area contributed by atoms with Gasteiger partial charge in [0.1, 0.15) is 12.4 Å². The van der Waals surface area contributed by atoms with E-state index in [2.05, 4.69) is 4.98 Å². The van der Waals surface area contributed by atoms with Crippen molar-refractivity contribution in [3.63, 3.8) is 0 Å². The van der Waals surface area contributed by atoms with E-state index in [1.54, 1.807) is 67.2 Å². The highest BCUT2D eigenvalue weighted by Crippen LogP contribution is 2.30. The SMILES string of the molecule is CC(C)(COC(=O)c1ccc(Cl)cc1)C(=O)C(Oc1ccc(-c2ccc(Cl)cc2)cc1)n1ccnc1. The Morgan fingerprint density at radius 3 is 2.00 bits per heavy atom. The highest BCUT2D eigenvalue weighted by Gasteiger charge is 2.37. The average molecular weight is 523 g/mol. The molecule has 0 radical (unpaired) electrons. The van der Waals surface area contributed by atoms with Crippen LogP contribution in [-0.4, -0.2) is 27.9 Å². The van der Waals surface area contributed by atoms with Crippen molar-refractivity contribution in [1.82, 2.24) is 9.55 Å². The van der Waals surface area contributed by atoms with Crippen LogP contribution in [-0.2, 0) is 9.53 Å². The Labute approximate surface area is 219 Å². The molecule has 184 valence electrons. The van der Waals surface area contributed by atoms with Gasteiger partial charge in [-0.1, -0.05) is 47.5 Å². The Morgan fingerprint density at radius 1 is 0.889 bits per heavy atom. The van der Waals surface area contributed by atoms with Crippen molar-refractivity contribution in [3.8, 4) is 16.9 Å². The number of hydrogen-bond acceptors (Lipinski definition) is 5. The smallest absolute Gasteiger partial charge is 0.338 e. The molecule has 8 heteroatoms. The zero-order valence-electron chi connectivity index (χ0n) is 19.7. The van der Waals surface area contributed by atoms with E-state index in [-0.39, 0.29) is 12.4 Å². The zero-order chi connectivity index (χ0) is 25.7. The molecule has 0 aliphatic rings. The van der Waals surface area contributed by atoms with E-state index < -0.39 is 17.6 Å². The summed E-state index contributed by atoms with van der Waals surface area (Å²) in [6.45, 7) is 3.29. The number of carbonyl (C=O) groups is 2. The van der Waals surface area contributed by atoms with Gasteiger partial charge in [0.15, 0.2) is 0 Å². The van der Waals surface area contributed by atoms with Crippen LogP contribution in [0.3, 0.4) is 0 Å². The van der Waals surface area contributed by atoms with Crippen LogP contribution in [0.15, 0.2) is 91.5 Å². The Kier molecular flexibility index (Phi) is 7.77. The van der Waals surface area contributed by atoms with Gasteiger partial charge < -0.3 is 9.47 Å². The number of carbonyl (C=O) groups excluding carboxylic acids is 2. The Morgan fingerprint density at radius 2 is 1.44 bits per heavy atom. The van der Waals surface area contributed by atoms with Crippen molar-refractivity contribution in [2.45, 2.75) is 20.1 Å². The molecule has 0 N–H and O–H groups in total. The number of Topliss-reactive ketones (excluding diaryl/α,β-unsaturated/α-hetero) is 1. The van der Waals surface area contributed by atoms with E-state index in [4.69, 9.17) is 32.7 Å². The maximum absolute atomic E-state index is 13.6. The molecule has 4 rings (SSSR count). The first-order valence-corrected chi connectivity index (χ1v) is 12.0. The largest absolute Gasteiger partial charge is 0.463 e.